The molecule has 0 aromatic heterocycles. The smallest absolute Gasteiger partial charge is 0.240 e. The number of para-hydroxylation sites is 1. The number of hydrogen-bond donors (Lipinski definition) is 2. The van der Waals surface area contributed by atoms with Gasteiger partial charge in [0.15, 0.2) is 0 Å². The molecule has 2 N–H and O–H groups in total. The van der Waals surface area contributed by atoms with Crippen LogP contribution < -0.4 is 10.7 Å². The molecule has 0 aliphatic rings. The summed E-state index contributed by atoms with van der Waals surface area (Å²) in [5.74, 6) is -0.347. The Bertz CT molecular complexity index is 761. The van der Waals surface area contributed by atoms with E-state index in [1.165, 1.54) is 0 Å². The molecule has 130 valence electrons. The van der Waals surface area contributed by atoms with Crippen molar-refractivity contribution >= 4 is 55.6 Å². The summed E-state index contributed by atoms with van der Waals surface area (Å²) < 4.78 is 1.80. The zero-order valence-electron chi connectivity index (χ0n) is 13.3. The number of carbonyl (C=O) groups is 2. The molecule has 0 aliphatic carbocycles. The standard InChI is InChI=1S/C18H17Br2N3O2/c19-14-10-8-13(9-11-14)12-21-23-18(25)7-3-6-17(24)22-16-5-2-1-4-15(16)20/h1-2,4-5,8-12H,3,6-7H2,(H,22,24)(H,23,25). The number of rotatable bonds is 7. The predicted molar refractivity (Wildman–Crippen MR) is 107 cm³/mol. The van der Waals surface area contributed by atoms with Gasteiger partial charge in [0.25, 0.3) is 0 Å². The molecule has 0 saturated carbocycles. The lowest BCUT2D eigenvalue weighted by atomic mass is 10.2. The van der Waals surface area contributed by atoms with E-state index in [-0.39, 0.29) is 24.7 Å². The summed E-state index contributed by atoms with van der Waals surface area (Å²) in [6.07, 6.45) is 2.53. The third kappa shape index (κ3) is 7.19. The predicted octanol–water partition coefficient (Wildman–Crippen LogP) is 4.47. The molecular weight excluding hydrogens is 450 g/mol. The van der Waals surface area contributed by atoms with Gasteiger partial charge in [-0.15, -0.1) is 0 Å². The van der Waals surface area contributed by atoms with E-state index in [0.29, 0.717) is 6.42 Å². The van der Waals surface area contributed by atoms with E-state index in [1.807, 2.05) is 48.5 Å². The van der Waals surface area contributed by atoms with Gasteiger partial charge in [0, 0.05) is 21.8 Å². The highest BCUT2D eigenvalue weighted by Crippen LogP contribution is 2.21. The molecule has 0 saturated heterocycles. The van der Waals surface area contributed by atoms with Crippen LogP contribution in [0.2, 0.25) is 0 Å². The summed E-state index contributed by atoms with van der Waals surface area (Å²) in [6.45, 7) is 0. The van der Waals surface area contributed by atoms with Gasteiger partial charge in [0.1, 0.15) is 0 Å². The molecule has 2 aromatic rings. The Hall–Kier alpha value is -1.99. The Balaban J connectivity index is 1.67. The largest absolute Gasteiger partial charge is 0.325 e. The molecule has 0 aliphatic heterocycles. The lowest BCUT2D eigenvalue weighted by molar-refractivity contribution is -0.121. The fraction of sp³-hybridized carbons (Fsp3) is 0.167. The van der Waals surface area contributed by atoms with Gasteiger partial charge in [0.05, 0.1) is 11.9 Å². The van der Waals surface area contributed by atoms with E-state index in [9.17, 15) is 9.59 Å². The van der Waals surface area contributed by atoms with Crippen molar-refractivity contribution in [1.82, 2.24) is 5.43 Å². The quantitative estimate of drug-likeness (QED) is 0.466. The molecule has 0 fully saturated rings. The number of hydrogen-bond acceptors (Lipinski definition) is 3. The van der Waals surface area contributed by atoms with Crippen LogP contribution in [-0.4, -0.2) is 18.0 Å². The average Bonchev–Trinajstić information content (AvgIpc) is 2.59. The second-order valence-electron chi connectivity index (χ2n) is 5.23. The minimum atomic E-state index is -0.220. The first-order valence-corrected chi connectivity index (χ1v) is 9.25. The van der Waals surface area contributed by atoms with Crippen LogP contribution in [0.4, 0.5) is 5.69 Å². The van der Waals surface area contributed by atoms with Crippen molar-refractivity contribution < 1.29 is 9.59 Å². The number of benzene rings is 2. The number of halogens is 2. The van der Waals surface area contributed by atoms with E-state index >= 15 is 0 Å². The van der Waals surface area contributed by atoms with Gasteiger partial charge in [-0.3, -0.25) is 9.59 Å². The first kappa shape index (κ1) is 19.3. The Morgan fingerprint density at radius 2 is 1.64 bits per heavy atom. The third-order valence-electron chi connectivity index (χ3n) is 3.23. The number of nitrogens with zero attached hydrogens (tertiary/aromatic N) is 1. The molecule has 25 heavy (non-hydrogen) atoms. The monoisotopic (exact) mass is 465 g/mol. The molecule has 5 nitrogen and oxygen atoms in total. The van der Waals surface area contributed by atoms with Crippen LogP contribution in [0.15, 0.2) is 62.6 Å². The lowest BCUT2D eigenvalue weighted by Gasteiger charge is -2.06. The molecule has 2 aromatic carbocycles. The van der Waals surface area contributed by atoms with E-state index < -0.39 is 0 Å². The van der Waals surface area contributed by atoms with Gasteiger partial charge in [-0.2, -0.15) is 5.10 Å². The van der Waals surface area contributed by atoms with E-state index in [0.717, 1.165) is 20.2 Å². The summed E-state index contributed by atoms with van der Waals surface area (Å²) in [6, 6.07) is 14.9. The fourth-order valence-electron chi connectivity index (χ4n) is 1.97. The van der Waals surface area contributed by atoms with E-state index in [2.05, 4.69) is 47.7 Å². The van der Waals surface area contributed by atoms with Crippen molar-refractivity contribution in [1.29, 1.82) is 0 Å². The molecular formula is C18H17Br2N3O2. The van der Waals surface area contributed by atoms with Gasteiger partial charge in [-0.1, -0.05) is 40.2 Å². The lowest BCUT2D eigenvalue weighted by Crippen LogP contribution is -2.18. The van der Waals surface area contributed by atoms with Crippen molar-refractivity contribution in [3.05, 3.63) is 63.0 Å². The molecule has 0 spiro atoms. The first-order chi connectivity index (χ1) is 12.0. The minimum Gasteiger partial charge on any atom is -0.325 e. The van der Waals surface area contributed by atoms with Crippen LogP contribution in [0.25, 0.3) is 0 Å². The van der Waals surface area contributed by atoms with Crippen molar-refractivity contribution in [2.45, 2.75) is 19.3 Å². The summed E-state index contributed by atoms with van der Waals surface area (Å²) in [7, 11) is 0. The third-order valence-corrected chi connectivity index (χ3v) is 4.45. The number of carbonyl (C=O) groups excluding carboxylic acids is 2. The molecule has 7 heteroatoms. The SMILES string of the molecule is O=C(CCCC(=O)Nc1ccccc1Br)NN=Cc1ccc(Br)cc1. The Morgan fingerprint density at radius 1 is 0.960 bits per heavy atom. The van der Waals surface area contributed by atoms with Crippen LogP contribution in [0.3, 0.4) is 0 Å². The molecule has 0 atom stereocenters. The van der Waals surface area contributed by atoms with Crippen LogP contribution in [0.5, 0.6) is 0 Å². The second-order valence-corrected chi connectivity index (χ2v) is 7.00. The number of amides is 2. The zero-order valence-corrected chi connectivity index (χ0v) is 16.5. The van der Waals surface area contributed by atoms with E-state index in [1.54, 1.807) is 6.21 Å². The number of hydrazone groups is 1. The molecule has 2 rings (SSSR count). The normalized spacial score (nSPS) is 10.6. The highest BCUT2D eigenvalue weighted by molar-refractivity contribution is 9.10. The molecule has 2 amide bonds. The highest BCUT2D eigenvalue weighted by atomic mass is 79.9. The summed E-state index contributed by atoms with van der Waals surface area (Å²) in [5, 5.41) is 6.70. The number of nitrogens with one attached hydrogen (secondary N) is 2. The van der Waals surface area contributed by atoms with Gasteiger partial charge < -0.3 is 5.32 Å². The van der Waals surface area contributed by atoms with Gasteiger partial charge in [-0.25, -0.2) is 5.43 Å². The Kier molecular flexibility index (Phi) is 7.81. The second kappa shape index (κ2) is 10.1. The van der Waals surface area contributed by atoms with Crippen LogP contribution in [0, 0.1) is 0 Å². The van der Waals surface area contributed by atoms with Crippen LogP contribution in [0.1, 0.15) is 24.8 Å². The molecule has 0 unspecified atom stereocenters. The van der Waals surface area contributed by atoms with Crippen molar-refractivity contribution in [3.8, 4) is 0 Å². The van der Waals surface area contributed by atoms with Crippen molar-refractivity contribution in [2.75, 3.05) is 5.32 Å². The highest BCUT2D eigenvalue weighted by Gasteiger charge is 2.06. The topological polar surface area (TPSA) is 70.6 Å². The maximum absolute atomic E-state index is 11.9. The van der Waals surface area contributed by atoms with Crippen molar-refractivity contribution in [3.63, 3.8) is 0 Å². The van der Waals surface area contributed by atoms with Gasteiger partial charge in [0.2, 0.25) is 11.8 Å². The fourth-order valence-corrected chi connectivity index (χ4v) is 2.62. The summed E-state index contributed by atoms with van der Waals surface area (Å²) in [5.41, 5.74) is 4.06. The van der Waals surface area contributed by atoms with E-state index in [4.69, 9.17) is 0 Å². The van der Waals surface area contributed by atoms with Crippen LogP contribution >= 0.6 is 31.9 Å². The zero-order chi connectivity index (χ0) is 18.1. The maximum atomic E-state index is 11.9. The maximum Gasteiger partial charge on any atom is 0.240 e. The van der Waals surface area contributed by atoms with Gasteiger partial charge >= 0.3 is 0 Å². The Morgan fingerprint density at radius 3 is 2.36 bits per heavy atom. The van der Waals surface area contributed by atoms with Crippen molar-refractivity contribution in [2.24, 2.45) is 5.10 Å². The average molecular weight is 467 g/mol. The van der Waals surface area contributed by atoms with Gasteiger partial charge in [-0.05, 0) is 52.2 Å². The first-order valence-electron chi connectivity index (χ1n) is 7.66. The number of anilines is 1. The summed E-state index contributed by atoms with van der Waals surface area (Å²) in [4.78, 5) is 23.6. The minimum absolute atomic E-state index is 0.127. The molecule has 0 radical (unpaired) electrons. The molecule has 0 heterocycles. The Labute approximate surface area is 163 Å². The van der Waals surface area contributed by atoms with Crippen LogP contribution in [-0.2, 0) is 9.59 Å². The summed E-state index contributed by atoms with van der Waals surface area (Å²) >= 11 is 6.72. The molecule has 0 bridgehead atoms.